The zero-order chi connectivity index (χ0) is 10.6. The van der Waals surface area contributed by atoms with Crippen LogP contribution < -0.4 is 5.32 Å². The molecule has 0 bridgehead atoms. The number of nitrogens with zero attached hydrogens (tertiary/aromatic N) is 1. The first-order chi connectivity index (χ1) is 6.59. The van der Waals surface area contributed by atoms with Gasteiger partial charge in [0, 0.05) is 18.6 Å². The summed E-state index contributed by atoms with van der Waals surface area (Å²) in [5.74, 6) is 0. The van der Waals surface area contributed by atoms with Crippen molar-refractivity contribution >= 4 is 0 Å². The molecule has 0 aliphatic carbocycles. The normalized spacial score (nSPS) is 28.9. The van der Waals surface area contributed by atoms with E-state index in [-0.39, 0.29) is 0 Å². The molecular weight excluding hydrogens is 172 g/mol. The van der Waals surface area contributed by atoms with Crippen LogP contribution in [0.15, 0.2) is 11.6 Å². The Labute approximate surface area is 88.4 Å². The minimum absolute atomic E-state index is 0.719. The Kier molecular flexibility index (Phi) is 4.63. The summed E-state index contributed by atoms with van der Waals surface area (Å²) < 4.78 is 0. The molecule has 0 amide bonds. The van der Waals surface area contributed by atoms with Crippen molar-refractivity contribution in [3.63, 3.8) is 0 Å². The lowest BCUT2D eigenvalue weighted by atomic mass is 9.99. The van der Waals surface area contributed by atoms with E-state index in [9.17, 15) is 0 Å². The maximum Gasteiger partial charge on any atom is 0.0139 e. The predicted octanol–water partition coefficient (Wildman–Crippen LogP) is 2.02. The van der Waals surface area contributed by atoms with E-state index in [1.54, 1.807) is 0 Å². The van der Waals surface area contributed by atoms with E-state index in [0.29, 0.717) is 0 Å². The van der Waals surface area contributed by atoms with Gasteiger partial charge in [0.25, 0.3) is 0 Å². The first-order valence-corrected chi connectivity index (χ1v) is 5.66. The zero-order valence-electron chi connectivity index (χ0n) is 10.0. The Hall–Kier alpha value is -0.340. The summed E-state index contributed by atoms with van der Waals surface area (Å²) in [5, 5.41) is 3.60. The number of nitrogens with one attached hydrogen (secondary N) is 1. The molecule has 1 aliphatic rings. The summed E-state index contributed by atoms with van der Waals surface area (Å²) in [6, 6.07) is 1.45. The third kappa shape index (κ3) is 3.81. The molecule has 2 atom stereocenters. The van der Waals surface area contributed by atoms with Crippen LogP contribution in [0.3, 0.4) is 0 Å². The standard InChI is InChI=1S/C12H24N2/c1-10(2)5-7-13-12-6-8-14(4)11(3)9-12/h5,11-13H,6-9H2,1-4H3. The summed E-state index contributed by atoms with van der Waals surface area (Å²) in [6.07, 6.45) is 4.84. The van der Waals surface area contributed by atoms with Gasteiger partial charge in [0.2, 0.25) is 0 Å². The summed E-state index contributed by atoms with van der Waals surface area (Å²) in [7, 11) is 2.22. The Morgan fingerprint density at radius 1 is 1.50 bits per heavy atom. The van der Waals surface area contributed by atoms with Crippen LogP contribution in [0.5, 0.6) is 0 Å². The summed E-state index contributed by atoms with van der Waals surface area (Å²) in [6.45, 7) is 8.88. The molecule has 0 radical (unpaired) electrons. The van der Waals surface area contributed by atoms with Crippen molar-refractivity contribution < 1.29 is 0 Å². The highest BCUT2D eigenvalue weighted by atomic mass is 15.1. The van der Waals surface area contributed by atoms with Gasteiger partial charge in [-0.3, -0.25) is 0 Å². The highest BCUT2D eigenvalue weighted by Gasteiger charge is 2.21. The number of rotatable bonds is 3. The molecule has 0 aromatic carbocycles. The molecule has 1 rings (SSSR count). The van der Waals surface area contributed by atoms with Gasteiger partial charge in [-0.15, -0.1) is 0 Å². The number of likely N-dealkylation sites (tertiary alicyclic amines) is 1. The SMILES string of the molecule is CC(C)=CCNC1CCN(C)C(C)C1. The molecule has 2 nitrogen and oxygen atoms in total. The number of hydrogen-bond donors (Lipinski definition) is 1. The van der Waals surface area contributed by atoms with E-state index in [2.05, 4.69) is 44.1 Å². The van der Waals surface area contributed by atoms with Crippen molar-refractivity contribution in [3.8, 4) is 0 Å². The first-order valence-electron chi connectivity index (χ1n) is 5.66. The van der Waals surface area contributed by atoms with Gasteiger partial charge in [-0.25, -0.2) is 0 Å². The van der Waals surface area contributed by atoms with Crippen LogP contribution in [0.1, 0.15) is 33.6 Å². The Morgan fingerprint density at radius 3 is 2.79 bits per heavy atom. The third-order valence-corrected chi connectivity index (χ3v) is 3.13. The predicted molar refractivity (Wildman–Crippen MR) is 62.5 cm³/mol. The van der Waals surface area contributed by atoms with Crippen LogP contribution in [0.2, 0.25) is 0 Å². The summed E-state index contributed by atoms with van der Waals surface area (Å²) in [4.78, 5) is 2.44. The molecule has 0 spiro atoms. The molecule has 1 N–H and O–H groups in total. The second kappa shape index (κ2) is 5.52. The van der Waals surface area contributed by atoms with Gasteiger partial charge in [-0.1, -0.05) is 11.6 Å². The quantitative estimate of drug-likeness (QED) is 0.695. The maximum absolute atomic E-state index is 3.60. The van der Waals surface area contributed by atoms with Crippen LogP contribution >= 0.6 is 0 Å². The van der Waals surface area contributed by atoms with Gasteiger partial charge >= 0.3 is 0 Å². The van der Waals surface area contributed by atoms with Gasteiger partial charge in [-0.2, -0.15) is 0 Å². The highest BCUT2D eigenvalue weighted by molar-refractivity contribution is 4.95. The lowest BCUT2D eigenvalue weighted by Gasteiger charge is -2.35. The minimum atomic E-state index is 0.719. The van der Waals surface area contributed by atoms with Gasteiger partial charge in [0.15, 0.2) is 0 Å². The van der Waals surface area contributed by atoms with E-state index in [0.717, 1.165) is 18.6 Å². The molecule has 0 aromatic rings. The number of allylic oxidation sites excluding steroid dienone is 1. The molecule has 0 saturated carbocycles. The summed E-state index contributed by atoms with van der Waals surface area (Å²) >= 11 is 0. The molecule has 1 fully saturated rings. The fourth-order valence-electron chi connectivity index (χ4n) is 1.90. The third-order valence-electron chi connectivity index (χ3n) is 3.13. The number of hydrogen-bond acceptors (Lipinski definition) is 2. The van der Waals surface area contributed by atoms with Gasteiger partial charge in [0.1, 0.15) is 0 Å². The molecule has 1 saturated heterocycles. The Morgan fingerprint density at radius 2 is 2.21 bits per heavy atom. The monoisotopic (exact) mass is 196 g/mol. The van der Waals surface area contributed by atoms with Crippen molar-refractivity contribution in [2.45, 2.75) is 45.7 Å². The lowest BCUT2D eigenvalue weighted by molar-refractivity contribution is 0.170. The smallest absolute Gasteiger partial charge is 0.0139 e. The van der Waals surface area contributed by atoms with Crippen LogP contribution in [-0.4, -0.2) is 37.1 Å². The van der Waals surface area contributed by atoms with E-state index in [1.807, 2.05) is 0 Å². The molecule has 82 valence electrons. The van der Waals surface area contributed by atoms with E-state index < -0.39 is 0 Å². The Balaban J connectivity index is 2.23. The number of piperidine rings is 1. The highest BCUT2D eigenvalue weighted by Crippen LogP contribution is 2.14. The maximum atomic E-state index is 3.60. The molecule has 2 unspecified atom stereocenters. The average molecular weight is 196 g/mol. The van der Waals surface area contributed by atoms with E-state index >= 15 is 0 Å². The van der Waals surface area contributed by atoms with Crippen molar-refractivity contribution in [3.05, 3.63) is 11.6 Å². The minimum Gasteiger partial charge on any atom is -0.310 e. The van der Waals surface area contributed by atoms with Crippen molar-refractivity contribution in [2.75, 3.05) is 20.1 Å². The van der Waals surface area contributed by atoms with Crippen molar-refractivity contribution in [1.29, 1.82) is 0 Å². The first kappa shape index (κ1) is 11.7. The largest absolute Gasteiger partial charge is 0.310 e. The topological polar surface area (TPSA) is 15.3 Å². The van der Waals surface area contributed by atoms with Crippen LogP contribution in [-0.2, 0) is 0 Å². The second-order valence-corrected chi connectivity index (χ2v) is 4.74. The summed E-state index contributed by atoms with van der Waals surface area (Å²) in [5.41, 5.74) is 1.40. The van der Waals surface area contributed by atoms with Crippen molar-refractivity contribution in [1.82, 2.24) is 10.2 Å². The van der Waals surface area contributed by atoms with E-state index in [1.165, 1.54) is 25.0 Å². The molecule has 1 aliphatic heterocycles. The van der Waals surface area contributed by atoms with E-state index in [4.69, 9.17) is 0 Å². The molecular formula is C12H24N2. The fraction of sp³-hybridized carbons (Fsp3) is 0.833. The van der Waals surface area contributed by atoms with Crippen LogP contribution in [0.4, 0.5) is 0 Å². The molecule has 14 heavy (non-hydrogen) atoms. The fourth-order valence-corrected chi connectivity index (χ4v) is 1.90. The van der Waals surface area contributed by atoms with Crippen LogP contribution in [0, 0.1) is 0 Å². The Bertz CT molecular complexity index is 194. The molecule has 2 heteroatoms. The molecule has 1 heterocycles. The van der Waals surface area contributed by atoms with Gasteiger partial charge in [-0.05, 0) is 47.2 Å². The second-order valence-electron chi connectivity index (χ2n) is 4.74. The van der Waals surface area contributed by atoms with Crippen LogP contribution in [0.25, 0.3) is 0 Å². The zero-order valence-corrected chi connectivity index (χ0v) is 10.0. The lowest BCUT2D eigenvalue weighted by Crippen LogP contribution is -2.45. The molecule has 0 aromatic heterocycles. The van der Waals surface area contributed by atoms with Gasteiger partial charge < -0.3 is 10.2 Å². The van der Waals surface area contributed by atoms with Crippen molar-refractivity contribution in [2.24, 2.45) is 0 Å². The van der Waals surface area contributed by atoms with Gasteiger partial charge in [0.05, 0.1) is 0 Å². The average Bonchev–Trinajstić information content (AvgIpc) is 2.10.